The van der Waals surface area contributed by atoms with Crippen molar-refractivity contribution in [1.82, 2.24) is 4.90 Å². The Morgan fingerprint density at radius 2 is 2.06 bits per heavy atom. The maximum Gasteiger partial charge on any atom is 0.348 e. The zero-order valence-corrected chi connectivity index (χ0v) is 19.5. The van der Waals surface area contributed by atoms with Crippen LogP contribution in [0.5, 0.6) is 0 Å². The molecule has 1 N–H and O–H groups in total. The van der Waals surface area contributed by atoms with Gasteiger partial charge in [-0.1, -0.05) is 55.5 Å². The Morgan fingerprint density at radius 3 is 2.81 bits per heavy atom. The maximum atomic E-state index is 12.3. The number of hydrogen-bond acceptors (Lipinski definition) is 5. The van der Waals surface area contributed by atoms with Crippen molar-refractivity contribution in [2.75, 3.05) is 13.7 Å². The first kappa shape index (κ1) is 24.0. The number of methoxy groups -OCH3 is 1. The van der Waals surface area contributed by atoms with Gasteiger partial charge in [0.25, 0.3) is 0 Å². The smallest absolute Gasteiger partial charge is 0.348 e. The molecule has 170 valence electrons. The molecule has 0 saturated carbocycles. The van der Waals surface area contributed by atoms with Crippen LogP contribution in [0.1, 0.15) is 46.3 Å². The fourth-order valence-corrected chi connectivity index (χ4v) is 4.63. The largest absolute Gasteiger partial charge is 0.465 e. The van der Waals surface area contributed by atoms with Crippen LogP contribution in [0.15, 0.2) is 60.7 Å². The summed E-state index contributed by atoms with van der Waals surface area (Å²) < 4.78 is 4.73. The number of hydrogen-bond donors (Lipinski definition) is 1. The van der Waals surface area contributed by atoms with Crippen molar-refractivity contribution in [3.05, 3.63) is 76.0 Å². The van der Waals surface area contributed by atoms with E-state index in [0.29, 0.717) is 17.8 Å². The van der Waals surface area contributed by atoms with Crippen LogP contribution < -0.4 is 0 Å². The van der Waals surface area contributed by atoms with Gasteiger partial charge in [-0.25, -0.2) is 4.79 Å². The molecule has 0 aliphatic carbocycles. The number of aliphatic hydroxyl groups excluding tert-OH is 1. The summed E-state index contributed by atoms with van der Waals surface area (Å²) >= 11 is 1.36. The summed E-state index contributed by atoms with van der Waals surface area (Å²) in [6.45, 7) is 2.56. The molecular formula is C26H31NO4S. The van der Waals surface area contributed by atoms with Gasteiger partial charge >= 0.3 is 5.97 Å². The fraction of sp³-hybridized carbons (Fsp3) is 0.385. The number of rotatable bonds is 10. The fourth-order valence-electron chi connectivity index (χ4n) is 3.77. The normalized spacial score (nSPS) is 18.5. The monoisotopic (exact) mass is 453 g/mol. The van der Waals surface area contributed by atoms with Crippen molar-refractivity contribution in [1.29, 1.82) is 0 Å². The highest BCUT2D eigenvalue weighted by Gasteiger charge is 2.28. The average molecular weight is 454 g/mol. The van der Waals surface area contributed by atoms with Gasteiger partial charge in [0.15, 0.2) is 0 Å². The van der Waals surface area contributed by atoms with Gasteiger partial charge in [-0.2, -0.15) is 0 Å². The second kappa shape index (κ2) is 11.8. The van der Waals surface area contributed by atoms with E-state index in [9.17, 15) is 14.7 Å². The molecule has 32 heavy (non-hydrogen) atoms. The van der Waals surface area contributed by atoms with E-state index in [1.54, 1.807) is 6.07 Å². The minimum absolute atomic E-state index is 0.00270. The Morgan fingerprint density at radius 1 is 1.28 bits per heavy atom. The van der Waals surface area contributed by atoms with Gasteiger partial charge in [0, 0.05) is 17.8 Å². The van der Waals surface area contributed by atoms with Crippen molar-refractivity contribution in [2.45, 2.75) is 44.8 Å². The van der Waals surface area contributed by atoms with Crippen LogP contribution in [0.3, 0.4) is 0 Å². The first-order valence-corrected chi connectivity index (χ1v) is 11.8. The number of esters is 1. The zero-order valence-electron chi connectivity index (χ0n) is 18.6. The van der Waals surface area contributed by atoms with E-state index in [1.807, 2.05) is 53.5 Å². The van der Waals surface area contributed by atoms with Gasteiger partial charge in [0.2, 0.25) is 5.91 Å². The third kappa shape index (κ3) is 6.65. The molecule has 1 saturated heterocycles. The first-order valence-electron chi connectivity index (χ1n) is 11.0. The number of amides is 1. The van der Waals surface area contributed by atoms with Gasteiger partial charge in [-0.05, 0) is 49.0 Å². The molecule has 1 amide bonds. The Kier molecular flexibility index (Phi) is 8.82. The molecule has 5 nitrogen and oxygen atoms in total. The molecule has 6 heteroatoms. The van der Waals surface area contributed by atoms with Crippen LogP contribution in [0.2, 0.25) is 0 Å². The minimum Gasteiger partial charge on any atom is -0.465 e. The lowest BCUT2D eigenvalue weighted by atomic mass is 9.95. The SMILES string of the molecule is COC(=O)c1ccc(C=CCN2C(=O)CC[C@@H]2C=C[C@@H](O)[C@@H](C)CCc2ccccc2)s1. The van der Waals surface area contributed by atoms with E-state index in [2.05, 4.69) is 19.1 Å². The standard InChI is InChI=1S/C26H31NO4S/c1-19(10-11-20-7-4-3-5-8-20)23(28)15-12-21-13-17-25(29)27(21)18-6-9-22-14-16-24(32-22)26(30)31-2/h3-9,12,14-16,19,21,23,28H,10-11,13,17-18H2,1-2H3/t19-,21-,23+/m0/s1. The van der Waals surface area contributed by atoms with Crippen molar-refractivity contribution in [3.63, 3.8) is 0 Å². The lowest BCUT2D eigenvalue weighted by Crippen LogP contribution is -2.32. The van der Waals surface area contributed by atoms with Crippen LogP contribution in [0.4, 0.5) is 0 Å². The van der Waals surface area contributed by atoms with Crippen molar-refractivity contribution in [3.8, 4) is 0 Å². The minimum atomic E-state index is -0.533. The molecule has 1 aromatic carbocycles. The summed E-state index contributed by atoms with van der Waals surface area (Å²) in [4.78, 5) is 27.2. The molecule has 0 unspecified atom stereocenters. The number of aryl methyl sites for hydroxylation is 1. The molecule has 1 aliphatic rings. The summed E-state index contributed by atoms with van der Waals surface area (Å²) in [6, 6.07) is 13.9. The lowest BCUT2D eigenvalue weighted by molar-refractivity contribution is -0.127. The predicted molar refractivity (Wildman–Crippen MR) is 129 cm³/mol. The van der Waals surface area contributed by atoms with E-state index in [4.69, 9.17) is 4.74 Å². The van der Waals surface area contributed by atoms with Gasteiger partial charge in [0.05, 0.1) is 19.3 Å². The number of aliphatic hydroxyl groups is 1. The third-order valence-corrected chi connectivity index (χ3v) is 6.85. The Hall–Kier alpha value is -2.70. The summed E-state index contributed by atoms with van der Waals surface area (Å²) in [6.07, 6.45) is 10.3. The Bertz CT molecular complexity index is 950. The maximum absolute atomic E-state index is 12.3. The topological polar surface area (TPSA) is 66.8 Å². The molecule has 2 heterocycles. The van der Waals surface area contributed by atoms with Gasteiger partial charge in [0.1, 0.15) is 4.88 Å². The summed E-state index contributed by atoms with van der Waals surface area (Å²) in [7, 11) is 1.37. The van der Waals surface area contributed by atoms with Gasteiger partial charge in [-0.3, -0.25) is 4.79 Å². The molecule has 0 spiro atoms. The number of thiophene rings is 1. The summed E-state index contributed by atoms with van der Waals surface area (Å²) in [5.74, 6) is -0.0804. The number of nitrogens with zero attached hydrogens (tertiary/aromatic N) is 1. The van der Waals surface area contributed by atoms with Crippen molar-refractivity contribution < 1.29 is 19.4 Å². The number of carbonyl (C=O) groups excluding carboxylic acids is 2. The second-order valence-electron chi connectivity index (χ2n) is 8.13. The number of ether oxygens (including phenoxy) is 1. The molecule has 0 radical (unpaired) electrons. The zero-order chi connectivity index (χ0) is 22.9. The average Bonchev–Trinajstić information content (AvgIpc) is 3.43. The quantitative estimate of drug-likeness (QED) is 0.417. The van der Waals surface area contributed by atoms with Crippen molar-refractivity contribution in [2.24, 2.45) is 5.92 Å². The number of benzene rings is 1. The number of carbonyl (C=O) groups is 2. The van der Waals surface area contributed by atoms with Crippen LogP contribution in [-0.2, 0) is 16.0 Å². The molecule has 3 rings (SSSR count). The molecule has 1 aromatic heterocycles. The molecule has 0 bridgehead atoms. The Balaban J connectivity index is 1.51. The van der Waals surface area contributed by atoms with Crippen molar-refractivity contribution >= 4 is 29.3 Å². The summed E-state index contributed by atoms with van der Waals surface area (Å²) in [5.41, 5.74) is 1.28. The third-order valence-electron chi connectivity index (χ3n) is 5.82. The summed E-state index contributed by atoms with van der Waals surface area (Å²) in [5, 5.41) is 10.6. The molecule has 3 atom stereocenters. The molecule has 1 fully saturated rings. The highest BCUT2D eigenvalue weighted by atomic mass is 32.1. The van der Waals surface area contributed by atoms with E-state index < -0.39 is 6.10 Å². The van der Waals surface area contributed by atoms with Gasteiger partial charge in [-0.15, -0.1) is 11.3 Å². The highest BCUT2D eigenvalue weighted by Crippen LogP contribution is 2.23. The van der Waals surface area contributed by atoms with E-state index in [0.717, 1.165) is 24.1 Å². The number of likely N-dealkylation sites (tertiary alicyclic amines) is 1. The van der Waals surface area contributed by atoms with E-state index in [-0.39, 0.29) is 23.8 Å². The van der Waals surface area contributed by atoms with Crippen LogP contribution in [0.25, 0.3) is 6.08 Å². The van der Waals surface area contributed by atoms with E-state index >= 15 is 0 Å². The highest BCUT2D eigenvalue weighted by molar-refractivity contribution is 7.14. The van der Waals surface area contributed by atoms with Crippen LogP contribution >= 0.6 is 11.3 Å². The lowest BCUT2D eigenvalue weighted by Gasteiger charge is -2.22. The van der Waals surface area contributed by atoms with Crippen LogP contribution in [-0.4, -0.2) is 47.7 Å². The molecular weight excluding hydrogens is 422 g/mol. The second-order valence-corrected chi connectivity index (χ2v) is 9.24. The Labute approximate surface area is 194 Å². The predicted octanol–water partition coefficient (Wildman–Crippen LogP) is 4.72. The van der Waals surface area contributed by atoms with Gasteiger partial charge < -0.3 is 14.7 Å². The van der Waals surface area contributed by atoms with Crippen LogP contribution in [0, 0.1) is 5.92 Å². The molecule has 2 aromatic rings. The molecule has 1 aliphatic heterocycles. The van der Waals surface area contributed by atoms with E-state index in [1.165, 1.54) is 24.0 Å². The first-order chi connectivity index (χ1) is 15.5.